The Hall–Kier alpha value is -4.10. The number of amides is 1. The maximum absolute atomic E-state index is 12.6. The third-order valence-corrected chi connectivity index (χ3v) is 4.61. The van der Waals surface area contributed by atoms with Crippen molar-refractivity contribution in [2.45, 2.75) is 0 Å². The number of rotatable bonds is 3. The zero-order valence-electron chi connectivity index (χ0n) is 14.9. The van der Waals surface area contributed by atoms with Crippen LogP contribution < -0.4 is 5.32 Å². The van der Waals surface area contributed by atoms with E-state index >= 15 is 0 Å². The van der Waals surface area contributed by atoms with Crippen LogP contribution in [0.1, 0.15) is 5.56 Å². The van der Waals surface area contributed by atoms with Crippen LogP contribution in [0.2, 0.25) is 0 Å². The average Bonchev–Trinajstić information content (AvgIpc) is 2.73. The van der Waals surface area contributed by atoms with Gasteiger partial charge in [-0.1, -0.05) is 60.7 Å². The van der Waals surface area contributed by atoms with E-state index in [0.717, 1.165) is 21.5 Å². The number of anilines is 1. The molecule has 0 aromatic heterocycles. The van der Waals surface area contributed by atoms with E-state index in [2.05, 4.69) is 5.32 Å². The van der Waals surface area contributed by atoms with Crippen LogP contribution in [0.4, 0.5) is 5.69 Å². The number of aromatic hydroxyl groups is 1. The molecule has 0 heterocycles. The van der Waals surface area contributed by atoms with Crippen LogP contribution in [0, 0.1) is 11.3 Å². The second-order valence-corrected chi connectivity index (χ2v) is 6.41. The molecule has 0 spiro atoms. The topological polar surface area (TPSA) is 73.1 Å². The van der Waals surface area contributed by atoms with Crippen molar-refractivity contribution in [2.75, 3.05) is 5.32 Å². The normalized spacial score (nSPS) is 11.3. The van der Waals surface area contributed by atoms with E-state index in [1.54, 1.807) is 18.2 Å². The van der Waals surface area contributed by atoms with Gasteiger partial charge in [0.25, 0.3) is 5.91 Å². The minimum Gasteiger partial charge on any atom is -0.507 e. The SMILES string of the molecule is N#C/C(=C\c1c(O)ccc2ccccc12)C(=O)Nc1ccc2ccccc2c1. The van der Waals surface area contributed by atoms with E-state index in [0.29, 0.717) is 11.3 Å². The largest absolute Gasteiger partial charge is 0.507 e. The lowest BCUT2D eigenvalue weighted by Crippen LogP contribution is -2.13. The fraction of sp³-hybridized carbons (Fsp3) is 0. The van der Waals surface area contributed by atoms with Crippen LogP contribution in [0.5, 0.6) is 5.75 Å². The van der Waals surface area contributed by atoms with Gasteiger partial charge in [0.15, 0.2) is 0 Å². The van der Waals surface area contributed by atoms with E-state index in [1.807, 2.05) is 66.7 Å². The van der Waals surface area contributed by atoms with E-state index in [9.17, 15) is 15.2 Å². The number of hydrogen-bond donors (Lipinski definition) is 2. The van der Waals surface area contributed by atoms with Crippen molar-refractivity contribution in [1.82, 2.24) is 0 Å². The first kappa shape index (κ1) is 17.3. The fourth-order valence-electron chi connectivity index (χ4n) is 3.19. The number of phenolic OH excluding ortho intramolecular Hbond substituents is 1. The number of carbonyl (C=O) groups excluding carboxylic acids is 1. The minimum absolute atomic E-state index is 0.0185. The molecule has 0 fully saturated rings. The number of benzene rings is 4. The number of nitrogens with zero attached hydrogens (tertiary/aromatic N) is 1. The molecule has 0 radical (unpaired) electrons. The van der Waals surface area contributed by atoms with Gasteiger partial charge in [0.1, 0.15) is 17.4 Å². The van der Waals surface area contributed by atoms with Gasteiger partial charge >= 0.3 is 0 Å². The number of phenols is 1. The quantitative estimate of drug-likeness (QED) is 0.385. The van der Waals surface area contributed by atoms with Crippen LogP contribution >= 0.6 is 0 Å². The van der Waals surface area contributed by atoms with E-state index in [1.165, 1.54) is 6.08 Å². The van der Waals surface area contributed by atoms with Crippen molar-refractivity contribution in [3.63, 3.8) is 0 Å². The zero-order valence-corrected chi connectivity index (χ0v) is 14.9. The molecule has 0 unspecified atom stereocenters. The molecule has 2 N–H and O–H groups in total. The summed E-state index contributed by atoms with van der Waals surface area (Å²) in [4.78, 5) is 12.6. The van der Waals surface area contributed by atoms with Gasteiger partial charge in [-0.2, -0.15) is 5.26 Å². The molecule has 4 rings (SSSR count). The molecule has 0 aliphatic carbocycles. The molecule has 4 heteroatoms. The van der Waals surface area contributed by atoms with Gasteiger partial charge in [0, 0.05) is 11.3 Å². The second kappa shape index (κ2) is 7.26. The molecular formula is C24H16N2O2. The molecule has 4 aromatic carbocycles. The number of carbonyl (C=O) groups is 1. The molecule has 1 amide bonds. The molecule has 4 nitrogen and oxygen atoms in total. The Labute approximate surface area is 162 Å². The molecule has 134 valence electrons. The van der Waals surface area contributed by atoms with Crippen molar-refractivity contribution in [2.24, 2.45) is 0 Å². The summed E-state index contributed by atoms with van der Waals surface area (Å²) < 4.78 is 0. The monoisotopic (exact) mass is 364 g/mol. The van der Waals surface area contributed by atoms with Gasteiger partial charge in [-0.3, -0.25) is 4.79 Å². The van der Waals surface area contributed by atoms with Crippen LogP contribution in [0.15, 0.2) is 84.4 Å². The number of fused-ring (bicyclic) bond motifs is 2. The van der Waals surface area contributed by atoms with Crippen molar-refractivity contribution >= 4 is 39.2 Å². The minimum atomic E-state index is -0.523. The molecule has 0 aliphatic heterocycles. The van der Waals surface area contributed by atoms with Crippen LogP contribution in [0.3, 0.4) is 0 Å². The molecule has 0 bridgehead atoms. The summed E-state index contributed by atoms with van der Waals surface area (Å²) >= 11 is 0. The maximum atomic E-state index is 12.6. The van der Waals surface area contributed by atoms with Crippen molar-refractivity contribution in [3.05, 3.63) is 90.0 Å². The lowest BCUT2D eigenvalue weighted by molar-refractivity contribution is -0.112. The maximum Gasteiger partial charge on any atom is 0.266 e. The van der Waals surface area contributed by atoms with Gasteiger partial charge in [-0.05, 0) is 45.8 Å². The van der Waals surface area contributed by atoms with E-state index in [4.69, 9.17) is 0 Å². The Balaban J connectivity index is 1.69. The average molecular weight is 364 g/mol. The van der Waals surface area contributed by atoms with Crippen LogP contribution in [-0.2, 0) is 4.79 Å². The Morgan fingerprint density at radius 1 is 0.893 bits per heavy atom. The zero-order chi connectivity index (χ0) is 19.5. The number of nitrogens with one attached hydrogen (secondary N) is 1. The summed E-state index contributed by atoms with van der Waals surface area (Å²) in [6.07, 6.45) is 1.42. The fourth-order valence-corrected chi connectivity index (χ4v) is 3.19. The van der Waals surface area contributed by atoms with Gasteiger partial charge in [0.2, 0.25) is 0 Å². The Kier molecular flexibility index (Phi) is 4.49. The number of nitriles is 1. The highest BCUT2D eigenvalue weighted by Crippen LogP contribution is 2.29. The highest BCUT2D eigenvalue weighted by atomic mass is 16.3. The Morgan fingerprint density at radius 3 is 2.36 bits per heavy atom. The van der Waals surface area contributed by atoms with Crippen LogP contribution in [-0.4, -0.2) is 11.0 Å². The third kappa shape index (κ3) is 3.29. The number of hydrogen-bond acceptors (Lipinski definition) is 3. The lowest BCUT2D eigenvalue weighted by Gasteiger charge is -2.08. The first-order chi connectivity index (χ1) is 13.7. The summed E-state index contributed by atoms with van der Waals surface area (Å²) in [6.45, 7) is 0. The van der Waals surface area contributed by atoms with E-state index in [-0.39, 0.29) is 11.3 Å². The molecule has 0 aliphatic rings. The summed E-state index contributed by atoms with van der Waals surface area (Å²) in [5.41, 5.74) is 0.968. The smallest absolute Gasteiger partial charge is 0.266 e. The standard InChI is InChI=1S/C24H16N2O2/c25-15-19(14-22-21-8-4-3-6-17(21)10-12-23(22)27)24(28)26-20-11-9-16-5-1-2-7-18(16)13-20/h1-14,27H,(H,26,28)/b19-14+. The second-order valence-electron chi connectivity index (χ2n) is 6.41. The predicted octanol–water partition coefficient (Wildman–Crippen LogP) is 5.24. The van der Waals surface area contributed by atoms with Gasteiger partial charge < -0.3 is 10.4 Å². The van der Waals surface area contributed by atoms with Crippen molar-refractivity contribution in [3.8, 4) is 11.8 Å². The Morgan fingerprint density at radius 2 is 1.57 bits per heavy atom. The highest BCUT2D eigenvalue weighted by Gasteiger charge is 2.13. The van der Waals surface area contributed by atoms with Crippen molar-refractivity contribution in [1.29, 1.82) is 5.26 Å². The van der Waals surface area contributed by atoms with Gasteiger partial charge in [0.05, 0.1) is 0 Å². The molecular weight excluding hydrogens is 348 g/mol. The first-order valence-electron chi connectivity index (χ1n) is 8.78. The summed E-state index contributed by atoms with van der Waals surface area (Å²) in [5, 5.41) is 26.3. The Bertz CT molecular complexity index is 1280. The molecule has 4 aromatic rings. The van der Waals surface area contributed by atoms with E-state index < -0.39 is 5.91 Å². The summed E-state index contributed by atoms with van der Waals surface area (Å²) in [6, 6.07) is 26.2. The molecule has 0 atom stereocenters. The van der Waals surface area contributed by atoms with Gasteiger partial charge in [-0.15, -0.1) is 0 Å². The van der Waals surface area contributed by atoms with Crippen molar-refractivity contribution < 1.29 is 9.90 Å². The predicted molar refractivity (Wildman–Crippen MR) is 112 cm³/mol. The molecule has 28 heavy (non-hydrogen) atoms. The molecule has 0 saturated heterocycles. The third-order valence-electron chi connectivity index (χ3n) is 4.61. The lowest BCUT2D eigenvalue weighted by atomic mass is 10.0. The first-order valence-corrected chi connectivity index (χ1v) is 8.78. The molecule has 0 saturated carbocycles. The summed E-state index contributed by atoms with van der Waals surface area (Å²) in [7, 11) is 0. The highest BCUT2D eigenvalue weighted by molar-refractivity contribution is 6.11. The van der Waals surface area contributed by atoms with Gasteiger partial charge in [-0.25, -0.2) is 0 Å². The summed E-state index contributed by atoms with van der Waals surface area (Å²) in [5.74, 6) is -0.505. The van der Waals surface area contributed by atoms with Crippen LogP contribution in [0.25, 0.3) is 27.6 Å².